The molecular weight excluding hydrogens is 380 g/mol. The summed E-state index contributed by atoms with van der Waals surface area (Å²) < 4.78 is 14.1. The quantitative estimate of drug-likeness (QED) is 0.642. The van der Waals surface area contributed by atoms with Crippen LogP contribution in [0.2, 0.25) is 5.02 Å². The van der Waals surface area contributed by atoms with Crippen LogP contribution in [0.25, 0.3) is 10.9 Å². The minimum atomic E-state index is -0.450. The number of halogens is 4. The van der Waals surface area contributed by atoms with Gasteiger partial charge in [-0.05, 0) is 36.4 Å². The van der Waals surface area contributed by atoms with Gasteiger partial charge in [0, 0.05) is 15.5 Å². The Morgan fingerprint density at radius 2 is 1.90 bits per heavy atom. The van der Waals surface area contributed by atoms with Crippen molar-refractivity contribution in [2.45, 2.75) is 0 Å². The van der Waals surface area contributed by atoms with Gasteiger partial charge in [0.05, 0.1) is 10.5 Å². The first kappa shape index (κ1) is 15.9. The van der Waals surface area contributed by atoms with Crippen LogP contribution in [0.4, 0.5) is 15.9 Å². The van der Waals surface area contributed by atoms with Crippen LogP contribution < -0.4 is 5.32 Å². The highest BCUT2D eigenvalue weighted by Crippen LogP contribution is 2.27. The molecule has 0 saturated heterocycles. The van der Waals surface area contributed by atoms with Crippen molar-refractivity contribution in [1.82, 2.24) is 9.97 Å². The van der Waals surface area contributed by atoms with E-state index >= 15 is 0 Å². The first-order valence-electron chi connectivity index (χ1n) is 5.76. The Kier molecular flexibility index (Phi) is 4.98. The van der Waals surface area contributed by atoms with E-state index in [0.717, 1.165) is 15.4 Å². The van der Waals surface area contributed by atoms with Crippen molar-refractivity contribution in [2.75, 3.05) is 5.32 Å². The second-order valence-corrected chi connectivity index (χ2v) is 5.46. The third kappa shape index (κ3) is 3.43. The molecule has 0 spiro atoms. The molecule has 0 aliphatic heterocycles. The van der Waals surface area contributed by atoms with Crippen LogP contribution in [-0.2, 0) is 0 Å². The third-order valence-electron chi connectivity index (χ3n) is 2.78. The fourth-order valence-corrected chi connectivity index (χ4v) is 2.37. The number of hydrogen-bond donors (Lipinski definition) is 1. The summed E-state index contributed by atoms with van der Waals surface area (Å²) in [4.78, 5) is 8.42. The van der Waals surface area contributed by atoms with E-state index in [1.54, 1.807) is 6.07 Å². The van der Waals surface area contributed by atoms with E-state index in [2.05, 4.69) is 31.2 Å². The molecular formula is C14H9BrCl2FN3. The lowest BCUT2D eigenvalue weighted by molar-refractivity contribution is 0.628. The van der Waals surface area contributed by atoms with Crippen molar-refractivity contribution < 1.29 is 4.39 Å². The summed E-state index contributed by atoms with van der Waals surface area (Å²) in [5, 5.41) is 4.05. The molecule has 3 rings (SSSR count). The lowest BCUT2D eigenvalue weighted by Gasteiger charge is -2.09. The zero-order valence-electron chi connectivity index (χ0n) is 10.5. The van der Waals surface area contributed by atoms with E-state index in [1.807, 2.05) is 18.2 Å². The van der Waals surface area contributed by atoms with Gasteiger partial charge < -0.3 is 5.32 Å². The van der Waals surface area contributed by atoms with Gasteiger partial charge >= 0.3 is 0 Å². The van der Waals surface area contributed by atoms with Crippen molar-refractivity contribution in [2.24, 2.45) is 0 Å². The number of benzene rings is 2. The molecule has 0 unspecified atom stereocenters. The van der Waals surface area contributed by atoms with Crippen LogP contribution >= 0.6 is 39.9 Å². The topological polar surface area (TPSA) is 37.8 Å². The number of nitrogens with zero attached hydrogens (tertiary/aromatic N) is 2. The Hall–Kier alpha value is -1.43. The molecule has 0 atom stereocenters. The zero-order chi connectivity index (χ0) is 14.1. The fraction of sp³-hybridized carbons (Fsp3) is 0. The molecule has 1 heterocycles. The Morgan fingerprint density at radius 3 is 2.67 bits per heavy atom. The van der Waals surface area contributed by atoms with Crippen molar-refractivity contribution in [3.8, 4) is 0 Å². The van der Waals surface area contributed by atoms with E-state index in [0.29, 0.717) is 11.5 Å². The molecule has 0 bridgehead atoms. The fourth-order valence-electron chi connectivity index (χ4n) is 1.84. The molecule has 0 saturated carbocycles. The summed E-state index contributed by atoms with van der Waals surface area (Å²) in [6, 6.07) is 10.2. The van der Waals surface area contributed by atoms with Crippen LogP contribution in [0.5, 0.6) is 0 Å². The second-order valence-electron chi connectivity index (χ2n) is 4.14. The molecule has 0 fully saturated rings. The highest BCUT2D eigenvalue weighted by Gasteiger charge is 2.06. The molecule has 108 valence electrons. The Bertz CT molecular complexity index is 798. The van der Waals surface area contributed by atoms with Gasteiger partial charge in [-0.2, -0.15) is 0 Å². The van der Waals surface area contributed by atoms with E-state index in [1.165, 1.54) is 18.5 Å². The van der Waals surface area contributed by atoms with Crippen LogP contribution in [-0.4, -0.2) is 9.97 Å². The zero-order valence-corrected chi connectivity index (χ0v) is 13.6. The van der Waals surface area contributed by atoms with Crippen molar-refractivity contribution >= 4 is 62.3 Å². The first-order chi connectivity index (χ1) is 9.63. The minimum Gasteiger partial charge on any atom is -0.340 e. The standard InChI is InChI=1S/C14H8BrClFN3.ClH/c15-8-1-3-10-13(5-8)18-7-19-14(10)20-9-2-4-12(17)11(16)6-9;/h1-7H,(H,18,19,20);1H. The molecule has 7 heteroatoms. The van der Waals surface area contributed by atoms with Gasteiger partial charge in [-0.25, -0.2) is 14.4 Å². The van der Waals surface area contributed by atoms with Crippen molar-refractivity contribution in [3.05, 3.63) is 58.0 Å². The SMILES string of the molecule is Cl.Fc1ccc(Nc2ncnc3cc(Br)ccc23)cc1Cl. The molecule has 1 aromatic heterocycles. The lowest BCUT2D eigenvalue weighted by Crippen LogP contribution is -1.96. The van der Waals surface area contributed by atoms with Gasteiger partial charge in [-0.15, -0.1) is 12.4 Å². The van der Waals surface area contributed by atoms with Gasteiger partial charge in [0.2, 0.25) is 0 Å². The van der Waals surface area contributed by atoms with Gasteiger partial charge in [-0.1, -0.05) is 27.5 Å². The van der Waals surface area contributed by atoms with Crippen LogP contribution in [0.3, 0.4) is 0 Å². The molecule has 2 aromatic carbocycles. The maximum atomic E-state index is 13.1. The maximum absolute atomic E-state index is 13.1. The average Bonchev–Trinajstić information content (AvgIpc) is 2.43. The smallest absolute Gasteiger partial charge is 0.141 e. The van der Waals surface area contributed by atoms with Gasteiger partial charge in [-0.3, -0.25) is 0 Å². The molecule has 0 radical (unpaired) electrons. The summed E-state index contributed by atoms with van der Waals surface area (Å²) in [6.07, 6.45) is 1.47. The van der Waals surface area contributed by atoms with Crippen LogP contribution in [0.1, 0.15) is 0 Å². The first-order valence-corrected chi connectivity index (χ1v) is 6.93. The molecule has 1 N–H and O–H groups in total. The summed E-state index contributed by atoms with van der Waals surface area (Å²) in [5.41, 5.74) is 1.48. The molecule has 0 aliphatic rings. The van der Waals surface area contributed by atoms with Crippen molar-refractivity contribution in [1.29, 1.82) is 0 Å². The molecule has 21 heavy (non-hydrogen) atoms. The van der Waals surface area contributed by atoms with E-state index in [4.69, 9.17) is 11.6 Å². The molecule has 3 aromatic rings. The molecule has 3 nitrogen and oxygen atoms in total. The normalized spacial score (nSPS) is 10.2. The van der Waals surface area contributed by atoms with Gasteiger partial charge in [0.1, 0.15) is 18.0 Å². The van der Waals surface area contributed by atoms with Crippen LogP contribution in [0, 0.1) is 5.82 Å². The monoisotopic (exact) mass is 387 g/mol. The third-order valence-corrected chi connectivity index (χ3v) is 3.56. The average molecular weight is 389 g/mol. The van der Waals surface area contributed by atoms with Crippen molar-refractivity contribution in [3.63, 3.8) is 0 Å². The highest BCUT2D eigenvalue weighted by atomic mass is 79.9. The predicted octanol–water partition coefficient (Wildman–Crippen LogP) is 5.35. The molecule has 0 aliphatic carbocycles. The van der Waals surface area contributed by atoms with E-state index < -0.39 is 5.82 Å². The van der Waals surface area contributed by atoms with E-state index in [-0.39, 0.29) is 17.4 Å². The summed E-state index contributed by atoms with van der Waals surface area (Å²) >= 11 is 9.17. The molecule has 0 amide bonds. The predicted molar refractivity (Wildman–Crippen MR) is 89.2 cm³/mol. The summed E-state index contributed by atoms with van der Waals surface area (Å²) in [5.74, 6) is 0.193. The Morgan fingerprint density at radius 1 is 1.10 bits per heavy atom. The number of fused-ring (bicyclic) bond motifs is 1. The number of hydrogen-bond acceptors (Lipinski definition) is 3. The largest absolute Gasteiger partial charge is 0.340 e. The van der Waals surface area contributed by atoms with E-state index in [9.17, 15) is 4.39 Å². The van der Waals surface area contributed by atoms with Crippen LogP contribution in [0.15, 0.2) is 47.2 Å². The number of rotatable bonds is 2. The summed E-state index contributed by atoms with van der Waals surface area (Å²) in [7, 11) is 0. The number of nitrogens with one attached hydrogen (secondary N) is 1. The lowest BCUT2D eigenvalue weighted by atomic mass is 10.2. The highest BCUT2D eigenvalue weighted by molar-refractivity contribution is 9.10. The number of aromatic nitrogens is 2. The summed E-state index contributed by atoms with van der Waals surface area (Å²) in [6.45, 7) is 0. The second kappa shape index (κ2) is 6.56. The van der Waals surface area contributed by atoms with Gasteiger partial charge in [0.15, 0.2) is 0 Å². The number of anilines is 2. The Labute approximate surface area is 140 Å². The van der Waals surface area contributed by atoms with Gasteiger partial charge in [0.25, 0.3) is 0 Å². The minimum absolute atomic E-state index is 0. The Balaban J connectivity index is 0.00000161. The maximum Gasteiger partial charge on any atom is 0.141 e.